The quantitative estimate of drug-likeness (QED) is 0.572. The highest BCUT2D eigenvalue weighted by atomic mass is 35.5. The molecule has 2 fully saturated rings. The second kappa shape index (κ2) is 3.59. The number of halogens is 1. The number of nitrogens with one attached hydrogen (secondary N) is 1. The first-order valence-electron chi connectivity index (χ1n) is 4.17. The van der Waals surface area contributed by atoms with Crippen LogP contribution < -0.4 is 5.32 Å². The van der Waals surface area contributed by atoms with Crippen molar-refractivity contribution in [3.05, 3.63) is 0 Å². The van der Waals surface area contributed by atoms with Crippen molar-refractivity contribution in [3.8, 4) is 0 Å². The third-order valence-corrected chi connectivity index (χ3v) is 2.88. The summed E-state index contributed by atoms with van der Waals surface area (Å²) < 4.78 is 0. The van der Waals surface area contributed by atoms with E-state index in [1.807, 2.05) is 0 Å². The summed E-state index contributed by atoms with van der Waals surface area (Å²) in [5.74, 6) is 2.11. The number of hydrogen-bond donors (Lipinski definition) is 1. The predicted molar refractivity (Wildman–Crippen MR) is 45.6 cm³/mol. The fourth-order valence-corrected chi connectivity index (χ4v) is 2.28. The summed E-state index contributed by atoms with van der Waals surface area (Å²) in [6.45, 7) is 2.62. The van der Waals surface area contributed by atoms with Crippen LogP contribution in [0.3, 0.4) is 0 Å². The molecule has 10 heavy (non-hydrogen) atoms. The van der Waals surface area contributed by atoms with Gasteiger partial charge < -0.3 is 5.32 Å². The van der Waals surface area contributed by atoms with E-state index < -0.39 is 0 Å². The minimum absolute atomic E-state index is 0. The number of hydrogen-bond acceptors (Lipinski definition) is 1. The summed E-state index contributed by atoms with van der Waals surface area (Å²) in [7, 11) is 0. The van der Waals surface area contributed by atoms with E-state index in [1.54, 1.807) is 0 Å². The highest BCUT2D eigenvalue weighted by Gasteiger charge is 2.28. The maximum absolute atomic E-state index is 3.46. The van der Waals surface area contributed by atoms with Crippen molar-refractivity contribution >= 4 is 12.4 Å². The summed E-state index contributed by atoms with van der Waals surface area (Å²) in [6, 6.07) is 0. The van der Waals surface area contributed by atoms with Crippen molar-refractivity contribution in [2.45, 2.75) is 25.7 Å². The van der Waals surface area contributed by atoms with Gasteiger partial charge in [-0.25, -0.2) is 0 Å². The van der Waals surface area contributed by atoms with E-state index in [-0.39, 0.29) is 12.4 Å². The van der Waals surface area contributed by atoms with Gasteiger partial charge in [-0.1, -0.05) is 12.8 Å². The minimum atomic E-state index is 0. The van der Waals surface area contributed by atoms with Crippen LogP contribution >= 0.6 is 12.4 Å². The third-order valence-electron chi connectivity index (χ3n) is 2.88. The lowest BCUT2D eigenvalue weighted by molar-refractivity contribution is 0.299. The van der Waals surface area contributed by atoms with E-state index in [9.17, 15) is 0 Å². The van der Waals surface area contributed by atoms with E-state index in [1.165, 1.54) is 38.8 Å². The van der Waals surface area contributed by atoms with Crippen LogP contribution in [-0.2, 0) is 0 Å². The molecule has 2 aliphatic rings. The molecule has 0 aromatic rings. The Morgan fingerprint density at radius 3 is 1.90 bits per heavy atom. The zero-order chi connectivity index (χ0) is 6.10. The number of fused-ring (bicyclic) bond motifs is 1. The van der Waals surface area contributed by atoms with Crippen LogP contribution in [0.15, 0.2) is 0 Å². The molecule has 2 heteroatoms. The topological polar surface area (TPSA) is 12.0 Å². The molecule has 60 valence electrons. The van der Waals surface area contributed by atoms with Gasteiger partial charge in [0.15, 0.2) is 0 Å². The Morgan fingerprint density at radius 2 is 1.40 bits per heavy atom. The van der Waals surface area contributed by atoms with Crippen molar-refractivity contribution in [2.75, 3.05) is 13.1 Å². The summed E-state index contributed by atoms with van der Waals surface area (Å²) in [5, 5.41) is 3.46. The second-order valence-corrected chi connectivity index (χ2v) is 3.46. The fraction of sp³-hybridized carbons (Fsp3) is 1.00. The van der Waals surface area contributed by atoms with Crippen molar-refractivity contribution in [2.24, 2.45) is 11.8 Å². The SMILES string of the molecule is C1CCC2CNCC2C1.Cl. The molecule has 1 aliphatic carbocycles. The monoisotopic (exact) mass is 161 g/mol. The zero-order valence-corrected chi connectivity index (χ0v) is 7.12. The van der Waals surface area contributed by atoms with Crippen LogP contribution in [0, 0.1) is 11.8 Å². The number of rotatable bonds is 0. The maximum atomic E-state index is 3.46. The van der Waals surface area contributed by atoms with Crippen LogP contribution in [0.2, 0.25) is 0 Å². The van der Waals surface area contributed by atoms with Crippen molar-refractivity contribution < 1.29 is 0 Å². The van der Waals surface area contributed by atoms with Gasteiger partial charge in [0.25, 0.3) is 0 Å². The average molecular weight is 162 g/mol. The zero-order valence-electron chi connectivity index (χ0n) is 6.31. The van der Waals surface area contributed by atoms with Crippen molar-refractivity contribution in [1.82, 2.24) is 5.32 Å². The molecule has 1 heterocycles. The van der Waals surface area contributed by atoms with Crippen molar-refractivity contribution in [3.63, 3.8) is 0 Å². The van der Waals surface area contributed by atoms with Gasteiger partial charge in [-0.05, 0) is 37.8 Å². The summed E-state index contributed by atoms with van der Waals surface area (Å²) in [6.07, 6.45) is 5.97. The van der Waals surface area contributed by atoms with Gasteiger partial charge in [0.05, 0.1) is 0 Å². The van der Waals surface area contributed by atoms with E-state index in [4.69, 9.17) is 0 Å². The molecular formula is C8H16ClN. The molecule has 2 unspecified atom stereocenters. The van der Waals surface area contributed by atoms with Gasteiger partial charge in [0.1, 0.15) is 0 Å². The Kier molecular flexibility index (Phi) is 2.99. The van der Waals surface area contributed by atoms with Crippen molar-refractivity contribution in [1.29, 1.82) is 0 Å². The predicted octanol–water partition coefficient (Wildman–Crippen LogP) is 1.82. The molecule has 0 aromatic carbocycles. The molecule has 0 bridgehead atoms. The second-order valence-electron chi connectivity index (χ2n) is 3.46. The summed E-state index contributed by atoms with van der Waals surface area (Å²) in [5.41, 5.74) is 0. The molecule has 1 saturated carbocycles. The first-order valence-corrected chi connectivity index (χ1v) is 4.17. The van der Waals surface area contributed by atoms with Gasteiger partial charge in [-0.15, -0.1) is 12.4 Å². The molecule has 2 rings (SSSR count). The first-order chi connectivity index (χ1) is 4.47. The lowest BCUT2D eigenvalue weighted by Crippen LogP contribution is -2.16. The molecule has 0 radical (unpaired) electrons. The molecule has 0 spiro atoms. The van der Waals surface area contributed by atoms with Crippen LogP contribution in [0.4, 0.5) is 0 Å². The van der Waals surface area contributed by atoms with Gasteiger partial charge in [-0.3, -0.25) is 0 Å². The van der Waals surface area contributed by atoms with Gasteiger partial charge in [0, 0.05) is 0 Å². The van der Waals surface area contributed by atoms with E-state index in [0.29, 0.717) is 0 Å². The molecule has 1 nitrogen and oxygen atoms in total. The molecule has 0 aromatic heterocycles. The standard InChI is InChI=1S/C8H15N.ClH/c1-2-4-8-6-9-5-7(8)3-1;/h7-9H,1-6H2;1H. The fourth-order valence-electron chi connectivity index (χ4n) is 2.28. The van der Waals surface area contributed by atoms with E-state index >= 15 is 0 Å². The van der Waals surface area contributed by atoms with Crippen LogP contribution in [0.5, 0.6) is 0 Å². The average Bonchev–Trinajstić information content (AvgIpc) is 2.33. The third kappa shape index (κ3) is 1.46. The van der Waals surface area contributed by atoms with Crippen LogP contribution in [0.1, 0.15) is 25.7 Å². The van der Waals surface area contributed by atoms with E-state index in [2.05, 4.69) is 5.32 Å². The minimum Gasteiger partial charge on any atom is -0.316 e. The Bertz CT molecular complexity index is 93.4. The summed E-state index contributed by atoms with van der Waals surface area (Å²) in [4.78, 5) is 0. The Morgan fingerprint density at radius 1 is 0.900 bits per heavy atom. The van der Waals surface area contributed by atoms with Gasteiger partial charge in [0.2, 0.25) is 0 Å². The first kappa shape index (κ1) is 8.35. The smallest absolute Gasteiger partial charge is 0.00173 e. The molecule has 2 atom stereocenters. The highest BCUT2D eigenvalue weighted by Crippen LogP contribution is 2.31. The maximum Gasteiger partial charge on any atom is -0.00173 e. The van der Waals surface area contributed by atoms with Gasteiger partial charge >= 0.3 is 0 Å². The van der Waals surface area contributed by atoms with Gasteiger partial charge in [-0.2, -0.15) is 0 Å². The van der Waals surface area contributed by atoms with Crippen LogP contribution in [0.25, 0.3) is 0 Å². The Hall–Kier alpha value is 0.250. The lowest BCUT2D eigenvalue weighted by Gasteiger charge is -2.23. The molecule has 0 amide bonds. The molecule has 1 saturated heterocycles. The Labute approximate surface area is 69.0 Å². The van der Waals surface area contributed by atoms with Crippen LogP contribution in [-0.4, -0.2) is 13.1 Å². The molecular weight excluding hydrogens is 146 g/mol. The lowest BCUT2D eigenvalue weighted by atomic mass is 9.82. The van der Waals surface area contributed by atoms with E-state index in [0.717, 1.165) is 11.8 Å². The molecule has 1 aliphatic heterocycles. The normalized spacial score (nSPS) is 38.4. The largest absolute Gasteiger partial charge is 0.316 e. The highest BCUT2D eigenvalue weighted by molar-refractivity contribution is 5.85. The Balaban J connectivity index is 0.000000500. The molecule has 1 N–H and O–H groups in total. The summed E-state index contributed by atoms with van der Waals surface area (Å²) >= 11 is 0.